The van der Waals surface area contributed by atoms with Gasteiger partial charge in [-0.3, -0.25) is 0 Å². The van der Waals surface area contributed by atoms with E-state index >= 15 is 0 Å². The van der Waals surface area contributed by atoms with Crippen molar-refractivity contribution in [2.75, 3.05) is 6.61 Å². The van der Waals surface area contributed by atoms with E-state index in [1.165, 1.54) is 0 Å². The van der Waals surface area contributed by atoms with Crippen molar-refractivity contribution >= 4 is 4.57 Å². The Morgan fingerprint density at radius 1 is 1.45 bits per heavy atom. The molecule has 2 heteroatoms. The number of ether oxygens (including phenoxy) is 1. The zero-order valence-electron chi connectivity index (χ0n) is 7.52. The molecule has 0 aliphatic heterocycles. The van der Waals surface area contributed by atoms with Gasteiger partial charge in [-0.05, 0) is 0 Å². The quantitative estimate of drug-likeness (QED) is 0.603. The predicted octanol–water partition coefficient (Wildman–Crippen LogP) is 1.75. The molecule has 0 aliphatic carbocycles. The summed E-state index contributed by atoms with van der Waals surface area (Å²) in [6.07, 6.45) is 0. The van der Waals surface area contributed by atoms with Crippen molar-refractivity contribution < 1.29 is 20.6 Å². The summed E-state index contributed by atoms with van der Waals surface area (Å²) >= 11 is 2.77. The molecule has 0 heterocycles. The minimum absolute atomic E-state index is 0.0478. The summed E-state index contributed by atoms with van der Waals surface area (Å²) in [5.74, 6) is 5.98. The SMILES string of the molecule is CCO[C](=[Cr])C#CC(C)(C)C. The Morgan fingerprint density at radius 3 is 2.36 bits per heavy atom. The van der Waals surface area contributed by atoms with Gasteiger partial charge >= 0.3 is 76.7 Å². The number of hydrogen-bond donors (Lipinski definition) is 0. The molecule has 0 atom stereocenters. The molecule has 0 aromatic rings. The Balaban J connectivity index is 3.98. The Bertz CT molecular complexity index is 190. The molecular formula is C9H14CrO. The van der Waals surface area contributed by atoms with Crippen molar-refractivity contribution in [3.63, 3.8) is 0 Å². The Morgan fingerprint density at radius 2 is 2.00 bits per heavy atom. The van der Waals surface area contributed by atoms with Crippen molar-refractivity contribution in [1.82, 2.24) is 0 Å². The van der Waals surface area contributed by atoms with Crippen LogP contribution < -0.4 is 0 Å². The molecule has 0 aromatic carbocycles. The summed E-state index contributed by atoms with van der Waals surface area (Å²) in [6, 6.07) is 0. The first-order valence-electron chi connectivity index (χ1n) is 3.65. The Labute approximate surface area is 77.1 Å². The Kier molecular flexibility index (Phi) is 4.70. The molecule has 0 radical (unpaired) electrons. The van der Waals surface area contributed by atoms with Crippen molar-refractivity contribution in [3.05, 3.63) is 0 Å². The van der Waals surface area contributed by atoms with Crippen LogP contribution in [0.15, 0.2) is 0 Å². The van der Waals surface area contributed by atoms with E-state index in [1.54, 1.807) is 0 Å². The van der Waals surface area contributed by atoms with Gasteiger partial charge in [0.2, 0.25) is 0 Å². The average Bonchev–Trinajstić information content (AvgIpc) is 1.83. The van der Waals surface area contributed by atoms with E-state index in [0.717, 1.165) is 0 Å². The fourth-order valence-electron chi connectivity index (χ4n) is 0.406. The van der Waals surface area contributed by atoms with E-state index < -0.39 is 0 Å². The molecule has 1 nitrogen and oxygen atoms in total. The monoisotopic (exact) mass is 190 g/mol. The van der Waals surface area contributed by atoms with Crippen molar-refractivity contribution in [2.45, 2.75) is 27.7 Å². The second-order valence-corrected chi connectivity index (χ2v) is 3.80. The summed E-state index contributed by atoms with van der Waals surface area (Å²) in [5.41, 5.74) is 0.0478. The van der Waals surface area contributed by atoms with Crippen LogP contribution in [0, 0.1) is 17.3 Å². The maximum atomic E-state index is 5.12. The molecule has 0 rings (SSSR count). The van der Waals surface area contributed by atoms with Crippen LogP contribution in [0.2, 0.25) is 0 Å². The van der Waals surface area contributed by atoms with Crippen LogP contribution in [0.3, 0.4) is 0 Å². The second kappa shape index (κ2) is 4.73. The molecule has 62 valence electrons. The van der Waals surface area contributed by atoms with Gasteiger partial charge in [0.25, 0.3) is 0 Å². The van der Waals surface area contributed by atoms with E-state index in [-0.39, 0.29) is 5.41 Å². The molecule has 0 unspecified atom stereocenters. The molecular weight excluding hydrogens is 176 g/mol. The fourth-order valence-corrected chi connectivity index (χ4v) is 0.669. The molecule has 0 spiro atoms. The van der Waals surface area contributed by atoms with Gasteiger partial charge < -0.3 is 0 Å². The zero-order valence-corrected chi connectivity index (χ0v) is 8.80. The second-order valence-electron chi connectivity index (χ2n) is 3.22. The molecule has 0 bridgehead atoms. The van der Waals surface area contributed by atoms with Crippen LogP contribution in [-0.4, -0.2) is 11.2 Å². The first-order valence-corrected chi connectivity index (χ1v) is 4.29. The first-order chi connectivity index (χ1) is 4.95. The minimum atomic E-state index is 0.0478. The topological polar surface area (TPSA) is 9.23 Å². The predicted molar refractivity (Wildman–Crippen MR) is 43.9 cm³/mol. The van der Waals surface area contributed by atoms with Crippen molar-refractivity contribution in [1.29, 1.82) is 0 Å². The van der Waals surface area contributed by atoms with Gasteiger partial charge in [0, 0.05) is 0 Å². The van der Waals surface area contributed by atoms with Gasteiger partial charge in [-0.2, -0.15) is 0 Å². The van der Waals surface area contributed by atoms with E-state index in [0.29, 0.717) is 11.2 Å². The molecule has 0 saturated heterocycles. The average molecular weight is 190 g/mol. The van der Waals surface area contributed by atoms with Crippen LogP contribution in [-0.2, 0) is 20.6 Å². The van der Waals surface area contributed by atoms with Crippen molar-refractivity contribution in [2.24, 2.45) is 5.41 Å². The van der Waals surface area contributed by atoms with Gasteiger partial charge in [0.15, 0.2) is 0 Å². The van der Waals surface area contributed by atoms with E-state index in [1.807, 2.05) is 6.92 Å². The van der Waals surface area contributed by atoms with Crippen LogP contribution in [0.25, 0.3) is 0 Å². The Hall–Kier alpha value is -0.0775. The third-order valence-electron chi connectivity index (χ3n) is 0.815. The van der Waals surface area contributed by atoms with Gasteiger partial charge in [-0.15, -0.1) is 0 Å². The molecule has 0 aromatic heterocycles. The third kappa shape index (κ3) is 7.82. The molecule has 0 saturated carbocycles. The summed E-state index contributed by atoms with van der Waals surface area (Å²) < 4.78 is 5.81. The van der Waals surface area contributed by atoms with Gasteiger partial charge in [-0.25, -0.2) is 0 Å². The maximum absolute atomic E-state index is 5.12. The third-order valence-corrected chi connectivity index (χ3v) is 1.16. The van der Waals surface area contributed by atoms with E-state index in [2.05, 4.69) is 48.5 Å². The fraction of sp³-hybridized carbons (Fsp3) is 0.667. The summed E-state index contributed by atoms with van der Waals surface area (Å²) in [7, 11) is 0. The summed E-state index contributed by atoms with van der Waals surface area (Å²) in [5, 5.41) is 0. The van der Waals surface area contributed by atoms with E-state index in [4.69, 9.17) is 4.74 Å². The number of rotatable bonds is 2. The van der Waals surface area contributed by atoms with Crippen LogP contribution in [0.1, 0.15) is 27.7 Å². The summed E-state index contributed by atoms with van der Waals surface area (Å²) in [4.78, 5) is 0. The first kappa shape index (κ1) is 10.9. The number of hydrogen-bond acceptors (Lipinski definition) is 1. The molecule has 0 aliphatic rings. The molecule has 0 amide bonds. The van der Waals surface area contributed by atoms with Gasteiger partial charge in [0.05, 0.1) is 0 Å². The molecule has 11 heavy (non-hydrogen) atoms. The van der Waals surface area contributed by atoms with Crippen LogP contribution >= 0.6 is 0 Å². The zero-order chi connectivity index (χ0) is 8.91. The van der Waals surface area contributed by atoms with Gasteiger partial charge in [-0.1, -0.05) is 0 Å². The van der Waals surface area contributed by atoms with E-state index in [9.17, 15) is 0 Å². The van der Waals surface area contributed by atoms with Crippen LogP contribution in [0.5, 0.6) is 0 Å². The molecule has 0 N–H and O–H groups in total. The summed E-state index contributed by atoms with van der Waals surface area (Å²) in [6.45, 7) is 8.81. The normalized spacial score (nSPS) is 10.2. The van der Waals surface area contributed by atoms with Crippen molar-refractivity contribution in [3.8, 4) is 11.8 Å². The van der Waals surface area contributed by atoms with Crippen LogP contribution in [0.4, 0.5) is 0 Å². The standard InChI is InChI=1S/C9H14O.Cr/c1-5-10-8-6-7-9(2,3)4;/h5H2,1-4H3;. The van der Waals surface area contributed by atoms with Gasteiger partial charge in [0.1, 0.15) is 0 Å². The molecule has 0 fully saturated rings.